The maximum absolute atomic E-state index is 9.34. The quantitative estimate of drug-likeness (QED) is 0.527. The van der Waals surface area contributed by atoms with Crippen LogP contribution in [0.15, 0.2) is 12.2 Å². The molecule has 1 N–H and O–H groups in total. The molecule has 0 fully saturated rings. The summed E-state index contributed by atoms with van der Waals surface area (Å²) in [6, 6.07) is 0. The summed E-state index contributed by atoms with van der Waals surface area (Å²) in [7, 11) is 0. The Morgan fingerprint density at radius 3 is 2.56 bits per heavy atom. The van der Waals surface area contributed by atoms with Crippen LogP contribution in [0.1, 0.15) is 13.8 Å². The summed E-state index contributed by atoms with van der Waals surface area (Å²) < 4.78 is 5.16. The molecule has 0 bridgehead atoms. The first-order valence-electron chi connectivity index (χ1n) is 3.11. The van der Waals surface area contributed by atoms with Crippen molar-refractivity contribution in [1.29, 1.82) is 0 Å². The normalized spacial score (nSPS) is 27.2. The van der Waals surface area contributed by atoms with Crippen LogP contribution >= 0.6 is 0 Å². The number of hydrogen-bond donors (Lipinski definition) is 1. The van der Waals surface area contributed by atoms with Crippen LogP contribution < -0.4 is 0 Å². The number of rotatable bonds is 1. The lowest BCUT2D eigenvalue weighted by Gasteiger charge is -2.22. The Bertz CT molecular complexity index is 121. The zero-order valence-corrected chi connectivity index (χ0v) is 5.79. The van der Waals surface area contributed by atoms with E-state index in [2.05, 4.69) is 0 Å². The summed E-state index contributed by atoms with van der Waals surface area (Å²) >= 11 is 0. The van der Waals surface area contributed by atoms with Crippen LogP contribution in [0.4, 0.5) is 0 Å². The third kappa shape index (κ3) is 1.53. The molecule has 0 aromatic carbocycles. The second-order valence-electron chi connectivity index (χ2n) is 2.84. The van der Waals surface area contributed by atoms with Crippen LogP contribution in [0.25, 0.3) is 0 Å². The monoisotopic (exact) mass is 128 g/mol. The summed E-state index contributed by atoms with van der Waals surface area (Å²) in [5.74, 6) is 0. The highest BCUT2D eigenvalue weighted by molar-refractivity contribution is 5.02. The van der Waals surface area contributed by atoms with E-state index in [9.17, 15) is 5.11 Å². The minimum atomic E-state index is -0.729. The summed E-state index contributed by atoms with van der Waals surface area (Å²) in [6.45, 7) is 4.12. The van der Waals surface area contributed by atoms with Crippen LogP contribution in [0.3, 0.4) is 0 Å². The minimum absolute atomic E-state index is 0.113. The lowest BCUT2D eigenvalue weighted by Crippen LogP contribution is -2.34. The van der Waals surface area contributed by atoms with E-state index in [1.807, 2.05) is 12.2 Å². The molecule has 2 nitrogen and oxygen atoms in total. The van der Waals surface area contributed by atoms with Gasteiger partial charge in [-0.25, -0.2) is 0 Å². The molecule has 1 unspecified atom stereocenters. The summed E-state index contributed by atoms with van der Waals surface area (Å²) in [5, 5.41) is 9.34. The van der Waals surface area contributed by atoms with Crippen molar-refractivity contribution < 1.29 is 9.84 Å². The van der Waals surface area contributed by atoms with Gasteiger partial charge in [0, 0.05) is 0 Å². The van der Waals surface area contributed by atoms with Crippen molar-refractivity contribution in [1.82, 2.24) is 0 Å². The molecule has 0 aromatic rings. The van der Waals surface area contributed by atoms with Gasteiger partial charge in [-0.3, -0.25) is 0 Å². The van der Waals surface area contributed by atoms with E-state index in [-0.39, 0.29) is 6.10 Å². The Morgan fingerprint density at radius 2 is 2.33 bits per heavy atom. The Balaban J connectivity index is 2.53. The number of ether oxygens (including phenoxy) is 1. The van der Waals surface area contributed by atoms with Crippen molar-refractivity contribution in [3.05, 3.63) is 12.2 Å². The second-order valence-corrected chi connectivity index (χ2v) is 2.84. The summed E-state index contributed by atoms with van der Waals surface area (Å²) in [6.07, 6.45) is 3.69. The molecule has 0 aliphatic carbocycles. The first-order valence-corrected chi connectivity index (χ1v) is 3.11. The first kappa shape index (κ1) is 6.78. The van der Waals surface area contributed by atoms with Gasteiger partial charge in [0.15, 0.2) is 0 Å². The van der Waals surface area contributed by atoms with Crippen molar-refractivity contribution >= 4 is 0 Å². The van der Waals surface area contributed by atoms with Crippen LogP contribution in [0.5, 0.6) is 0 Å². The first-order chi connectivity index (χ1) is 4.11. The number of aliphatic hydroxyl groups is 1. The van der Waals surface area contributed by atoms with Gasteiger partial charge in [0.2, 0.25) is 0 Å². The maximum atomic E-state index is 9.34. The molecule has 9 heavy (non-hydrogen) atoms. The molecule has 1 heterocycles. The molecule has 1 rings (SSSR count). The van der Waals surface area contributed by atoms with Crippen LogP contribution in [0.2, 0.25) is 0 Å². The zero-order chi connectivity index (χ0) is 6.91. The summed E-state index contributed by atoms with van der Waals surface area (Å²) in [4.78, 5) is 0. The Morgan fingerprint density at radius 1 is 1.67 bits per heavy atom. The molecular formula is C7H12O2. The van der Waals surface area contributed by atoms with Crippen molar-refractivity contribution in [2.75, 3.05) is 6.61 Å². The smallest absolute Gasteiger partial charge is 0.104 e. The molecule has 1 aliphatic heterocycles. The van der Waals surface area contributed by atoms with Crippen molar-refractivity contribution in [2.24, 2.45) is 0 Å². The van der Waals surface area contributed by atoms with E-state index in [0.29, 0.717) is 6.61 Å². The van der Waals surface area contributed by atoms with Gasteiger partial charge < -0.3 is 9.84 Å². The van der Waals surface area contributed by atoms with Gasteiger partial charge in [0.05, 0.1) is 12.2 Å². The van der Waals surface area contributed by atoms with E-state index in [1.165, 1.54) is 0 Å². The minimum Gasteiger partial charge on any atom is -0.387 e. The molecule has 0 radical (unpaired) electrons. The van der Waals surface area contributed by atoms with E-state index in [4.69, 9.17) is 4.74 Å². The standard InChI is InChI=1S/C7H12O2/c1-7(2,8)6-4-3-5-9-6/h3-4,6,8H,5H2,1-2H3. The molecule has 0 amide bonds. The van der Waals surface area contributed by atoms with Crippen molar-refractivity contribution in [2.45, 2.75) is 25.6 Å². The highest BCUT2D eigenvalue weighted by Gasteiger charge is 2.26. The maximum Gasteiger partial charge on any atom is 0.104 e. The van der Waals surface area contributed by atoms with Gasteiger partial charge in [-0.1, -0.05) is 12.2 Å². The summed E-state index contributed by atoms with van der Waals surface area (Å²) in [5.41, 5.74) is -0.729. The topological polar surface area (TPSA) is 29.5 Å². The molecule has 52 valence electrons. The largest absolute Gasteiger partial charge is 0.387 e. The van der Waals surface area contributed by atoms with Gasteiger partial charge in [-0.2, -0.15) is 0 Å². The predicted octanol–water partition coefficient (Wildman–Crippen LogP) is 0.712. The average molecular weight is 128 g/mol. The van der Waals surface area contributed by atoms with Gasteiger partial charge in [-0.05, 0) is 13.8 Å². The van der Waals surface area contributed by atoms with Gasteiger partial charge >= 0.3 is 0 Å². The third-order valence-corrected chi connectivity index (χ3v) is 1.38. The fourth-order valence-electron chi connectivity index (χ4n) is 0.833. The number of hydrogen-bond acceptors (Lipinski definition) is 2. The Kier molecular flexibility index (Phi) is 1.60. The third-order valence-electron chi connectivity index (χ3n) is 1.38. The van der Waals surface area contributed by atoms with Crippen molar-refractivity contribution in [3.63, 3.8) is 0 Å². The molecule has 0 saturated carbocycles. The van der Waals surface area contributed by atoms with E-state index in [1.54, 1.807) is 13.8 Å². The highest BCUT2D eigenvalue weighted by atomic mass is 16.5. The Hall–Kier alpha value is -0.340. The zero-order valence-electron chi connectivity index (χ0n) is 5.79. The van der Waals surface area contributed by atoms with E-state index < -0.39 is 5.60 Å². The Labute approximate surface area is 55.1 Å². The van der Waals surface area contributed by atoms with Crippen molar-refractivity contribution in [3.8, 4) is 0 Å². The molecule has 2 heteroatoms. The lowest BCUT2D eigenvalue weighted by molar-refractivity contribution is -0.0461. The molecule has 0 saturated heterocycles. The van der Waals surface area contributed by atoms with E-state index >= 15 is 0 Å². The van der Waals surface area contributed by atoms with Gasteiger partial charge in [0.25, 0.3) is 0 Å². The molecular weight excluding hydrogens is 116 g/mol. The highest BCUT2D eigenvalue weighted by Crippen LogP contribution is 2.17. The molecule has 1 aliphatic rings. The van der Waals surface area contributed by atoms with Crippen LogP contribution in [-0.2, 0) is 4.74 Å². The van der Waals surface area contributed by atoms with Gasteiger partial charge in [0.1, 0.15) is 6.10 Å². The fourth-order valence-corrected chi connectivity index (χ4v) is 0.833. The average Bonchev–Trinajstić information content (AvgIpc) is 2.08. The molecule has 1 atom stereocenters. The van der Waals surface area contributed by atoms with E-state index in [0.717, 1.165) is 0 Å². The van der Waals surface area contributed by atoms with Gasteiger partial charge in [-0.15, -0.1) is 0 Å². The lowest BCUT2D eigenvalue weighted by atomic mass is 10.0. The molecule has 0 spiro atoms. The van der Waals surface area contributed by atoms with Crippen LogP contribution in [-0.4, -0.2) is 23.4 Å². The predicted molar refractivity (Wildman–Crippen MR) is 35.2 cm³/mol. The fraction of sp³-hybridized carbons (Fsp3) is 0.714. The second kappa shape index (κ2) is 2.12. The SMILES string of the molecule is CC(C)(O)C1C=CCO1. The van der Waals surface area contributed by atoms with Crippen LogP contribution in [0, 0.1) is 0 Å². The molecule has 0 aromatic heterocycles.